The number of ether oxygens (including phenoxy) is 2. The molecule has 0 atom stereocenters. The number of nitrogens with zero attached hydrogens (tertiary/aromatic N) is 2. The van der Waals surface area contributed by atoms with E-state index in [4.69, 9.17) is 9.47 Å². The maximum atomic E-state index is 5.80. The third-order valence-corrected chi connectivity index (χ3v) is 2.75. The molecule has 0 radical (unpaired) electrons. The molecule has 0 aliphatic heterocycles. The lowest BCUT2D eigenvalue weighted by Crippen LogP contribution is -2.01. The molecule has 106 valence electrons. The van der Waals surface area contributed by atoms with Crippen LogP contribution in [-0.4, -0.2) is 24.1 Å². The average Bonchev–Trinajstić information content (AvgIpc) is 2.47. The lowest BCUT2D eigenvalue weighted by Gasteiger charge is -2.09. The Labute approximate surface area is 119 Å². The summed E-state index contributed by atoms with van der Waals surface area (Å²) >= 11 is 0. The fourth-order valence-electron chi connectivity index (χ4n) is 1.80. The van der Waals surface area contributed by atoms with E-state index in [1.807, 2.05) is 38.2 Å². The summed E-state index contributed by atoms with van der Waals surface area (Å²) in [7, 11) is 3.50. The van der Waals surface area contributed by atoms with Gasteiger partial charge >= 0.3 is 0 Å². The third kappa shape index (κ3) is 3.68. The van der Waals surface area contributed by atoms with Gasteiger partial charge in [-0.15, -0.1) is 0 Å². The summed E-state index contributed by atoms with van der Waals surface area (Å²) in [6.45, 7) is 2.57. The highest BCUT2D eigenvalue weighted by molar-refractivity contribution is 5.40. The van der Waals surface area contributed by atoms with Crippen LogP contribution in [0.2, 0.25) is 0 Å². The molecular weight excluding hydrogens is 254 g/mol. The molecule has 5 heteroatoms. The summed E-state index contributed by atoms with van der Waals surface area (Å²) in [6.07, 6.45) is 0.760. The van der Waals surface area contributed by atoms with Crippen LogP contribution in [0.1, 0.15) is 18.3 Å². The molecule has 1 aromatic heterocycles. The second-order valence-corrected chi connectivity index (χ2v) is 4.29. The molecule has 0 fully saturated rings. The van der Waals surface area contributed by atoms with Gasteiger partial charge in [-0.05, 0) is 17.7 Å². The van der Waals surface area contributed by atoms with Gasteiger partial charge in [-0.25, -0.2) is 4.98 Å². The van der Waals surface area contributed by atoms with E-state index >= 15 is 0 Å². The minimum atomic E-state index is 0.538. The maximum Gasteiger partial charge on any atom is 0.224 e. The number of rotatable bonds is 6. The molecule has 1 aromatic carbocycles. The lowest BCUT2D eigenvalue weighted by molar-refractivity contribution is 0.184. The Hall–Kier alpha value is -2.14. The molecule has 20 heavy (non-hydrogen) atoms. The predicted molar refractivity (Wildman–Crippen MR) is 78.2 cm³/mol. The van der Waals surface area contributed by atoms with Crippen molar-refractivity contribution < 1.29 is 9.47 Å². The highest BCUT2D eigenvalue weighted by atomic mass is 16.5. The van der Waals surface area contributed by atoms with Crippen LogP contribution < -0.4 is 10.1 Å². The molecule has 2 rings (SSSR count). The molecule has 0 aliphatic carbocycles. The van der Waals surface area contributed by atoms with Gasteiger partial charge in [0.2, 0.25) is 5.88 Å². The van der Waals surface area contributed by atoms with E-state index in [9.17, 15) is 0 Å². The number of hydrogen-bond donors (Lipinski definition) is 1. The fourth-order valence-corrected chi connectivity index (χ4v) is 1.80. The van der Waals surface area contributed by atoms with E-state index in [1.54, 1.807) is 13.2 Å². The second kappa shape index (κ2) is 6.86. The first kappa shape index (κ1) is 14.3. The van der Waals surface area contributed by atoms with Crippen molar-refractivity contribution >= 4 is 5.82 Å². The Kier molecular flexibility index (Phi) is 4.90. The molecule has 0 unspecified atom stereocenters. The van der Waals surface area contributed by atoms with Crippen LogP contribution in [0.25, 0.3) is 0 Å². The van der Waals surface area contributed by atoms with Crippen LogP contribution in [0.4, 0.5) is 5.82 Å². The molecule has 1 N–H and O–H groups in total. The third-order valence-electron chi connectivity index (χ3n) is 2.75. The second-order valence-electron chi connectivity index (χ2n) is 4.29. The van der Waals surface area contributed by atoms with E-state index in [0.717, 1.165) is 29.4 Å². The molecular formula is C15H19N3O2. The van der Waals surface area contributed by atoms with E-state index in [-0.39, 0.29) is 0 Å². The minimum Gasteiger partial charge on any atom is -0.439 e. The number of aromatic nitrogens is 2. The van der Waals surface area contributed by atoms with Crippen molar-refractivity contribution in [2.24, 2.45) is 0 Å². The van der Waals surface area contributed by atoms with Gasteiger partial charge in [0.15, 0.2) is 0 Å². The Morgan fingerprint density at radius 2 is 2.05 bits per heavy atom. The number of nitrogens with one attached hydrogen (secondary N) is 1. The summed E-state index contributed by atoms with van der Waals surface area (Å²) < 4.78 is 10.9. The van der Waals surface area contributed by atoms with Crippen LogP contribution >= 0.6 is 0 Å². The van der Waals surface area contributed by atoms with Crippen molar-refractivity contribution in [1.29, 1.82) is 0 Å². The van der Waals surface area contributed by atoms with E-state index < -0.39 is 0 Å². The monoisotopic (exact) mass is 273 g/mol. The standard InChI is InChI=1S/C15H19N3O2/c1-4-13-17-14(16-2)9-15(18-13)20-12-7-5-6-11(8-12)10-19-3/h5-9H,4,10H2,1-3H3,(H,16,17,18). The fraction of sp³-hybridized carbons (Fsp3) is 0.333. The Balaban J connectivity index is 2.22. The van der Waals surface area contributed by atoms with Crippen LogP contribution in [0.5, 0.6) is 11.6 Å². The SMILES string of the molecule is CCc1nc(NC)cc(Oc2cccc(COC)c2)n1. The number of methoxy groups -OCH3 is 1. The van der Waals surface area contributed by atoms with Crippen LogP contribution in [-0.2, 0) is 17.8 Å². The zero-order valence-electron chi connectivity index (χ0n) is 12.0. The summed E-state index contributed by atoms with van der Waals surface area (Å²) in [5, 5.41) is 3.01. The first-order chi connectivity index (χ1) is 9.75. The molecule has 0 saturated carbocycles. The van der Waals surface area contributed by atoms with Crippen molar-refractivity contribution in [1.82, 2.24) is 9.97 Å². The van der Waals surface area contributed by atoms with E-state index in [1.165, 1.54) is 0 Å². The summed E-state index contributed by atoms with van der Waals surface area (Å²) in [6, 6.07) is 9.54. The highest BCUT2D eigenvalue weighted by Gasteiger charge is 2.05. The molecule has 0 saturated heterocycles. The molecule has 1 heterocycles. The predicted octanol–water partition coefficient (Wildman–Crippen LogP) is 3.02. The number of aryl methyl sites for hydroxylation is 1. The summed E-state index contributed by atoms with van der Waals surface area (Å²) in [4.78, 5) is 8.70. The minimum absolute atomic E-state index is 0.538. The van der Waals surface area contributed by atoms with Gasteiger partial charge in [0.1, 0.15) is 17.4 Å². The van der Waals surface area contributed by atoms with Crippen LogP contribution in [0, 0.1) is 0 Å². The first-order valence-electron chi connectivity index (χ1n) is 6.56. The molecule has 0 amide bonds. The van der Waals surface area contributed by atoms with Crippen LogP contribution in [0.15, 0.2) is 30.3 Å². The number of anilines is 1. The van der Waals surface area contributed by atoms with Crippen molar-refractivity contribution in [3.63, 3.8) is 0 Å². The highest BCUT2D eigenvalue weighted by Crippen LogP contribution is 2.23. The zero-order chi connectivity index (χ0) is 14.4. The van der Waals surface area contributed by atoms with Gasteiger partial charge in [0, 0.05) is 26.6 Å². The molecule has 5 nitrogen and oxygen atoms in total. The maximum absolute atomic E-state index is 5.80. The smallest absolute Gasteiger partial charge is 0.224 e. The topological polar surface area (TPSA) is 56.3 Å². The van der Waals surface area contributed by atoms with Gasteiger partial charge in [-0.3, -0.25) is 0 Å². The number of hydrogen-bond acceptors (Lipinski definition) is 5. The van der Waals surface area contributed by atoms with Gasteiger partial charge in [-0.1, -0.05) is 19.1 Å². The summed E-state index contributed by atoms with van der Waals surface area (Å²) in [5.41, 5.74) is 1.06. The molecule has 0 bridgehead atoms. The molecule has 0 spiro atoms. The summed E-state index contributed by atoms with van der Waals surface area (Å²) in [5.74, 6) is 2.78. The van der Waals surface area contributed by atoms with Gasteiger partial charge in [0.05, 0.1) is 6.61 Å². The van der Waals surface area contributed by atoms with Crippen molar-refractivity contribution in [3.05, 3.63) is 41.7 Å². The first-order valence-corrected chi connectivity index (χ1v) is 6.56. The van der Waals surface area contributed by atoms with Crippen molar-refractivity contribution in [3.8, 4) is 11.6 Å². The zero-order valence-corrected chi connectivity index (χ0v) is 12.0. The van der Waals surface area contributed by atoms with Crippen molar-refractivity contribution in [2.45, 2.75) is 20.0 Å². The van der Waals surface area contributed by atoms with Gasteiger partial charge in [0.25, 0.3) is 0 Å². The lowest BCUT2D eigenvalue weighted by atomic mass is 10.2. The Bertz CT molecular complexity index is 551. The van der Waals surface area contributed by atoms with Crippen LogP contribution in [0.3, 0.4) is 0 Å². The molecule has 2 aromatic rings. The van der Waals surface area contributed by atoms with E-state index in [0.29, 0.717) is 12.5 Å². The Morgan fingerprint density at radius 1 is 1.20 bits per heavy atom. The largest absolute Gasteiger partial charge is 0.439 e. The van der Waals surface area contributed by atoms with E-state index in [2.05, 4.69) is 15.3 Å². The normalized spacial score (nSPS) is 10.3. The van der Waals surface area contributed by atoms with Crippen molar-refractivity contribution in [2.75, 3.05) is 19.5 Å². The average molecular weight is 273 g/mol. The van der Waals surface area contributed by atoms with Gasteiger partial charge in [-0.2, -0.15) is 4.98 Å². The van der Waals surface area contributed by atoms with Gasteiger partial charge < -0.3 is 14.8 Å². The number of benzene rings is 1. The Morgan fingerprint density at radius 3 is 2.75 bits per heavy atom. The molecule has 0 aliphatic rings. The quantitative estimate of drug-likeness (QED) is 0.876.